The number of esters is 1. The normalized spacial score (nSPS) is 26.8. The van der Waals surface area contributed by atoms with E-state index in [9.17, 15) is 4.79 Å². The monoisotopic (exact) mass is 393 g/mol. The van der Waals surface area contributed by atoms with E-state index in [0.29, 0.717) is 17.8 Å². The van der Waals surface area contributed by atoms with Gasteiger partial charge in [0.25, 0.3) is 0 Å². The lowest BCUT2D eigenvalue weighted by Crippen LogP contribution is -2.61. The second-order valence-electron chi connectivity index (χ2n) is 7.51. The Bertz CT molecular complexity index is 571. The van der Waals surface area contributed by atoms with E-state index in [1.165, 1.54) is 20.0 Å². The standard InChI is InChI=1S/C19H33N5O2.C2H6/c1-5-15-13-23(10-11-24(15)16-6-8-20-9-7-16)18-14(2)22(3)17(12-21-18)19(25)26-4;1-2/h12,14-16,20H,5-11,13H2,1-4H3;1-2H3. The Kier molecular flexibility index (Phi) is 8.76. The summed E-state index contributed by atoms with van der Waals surface area (Å²) in [4.78, 5) is 23.7. The van der Waals surface area contributed by atoms with Crippen LogP contribution in [0.5, 0.6) is 0 Å². The number of nitrogens with one attached hydrogen (secondary N) is 1. The molecule has 7 nitrogen and oxygen atoms in total. The van der Waals surface area contributed by atoms with Gasteiger partial charge in [-0.25, -0.2) is 9.79 Å². The van der Waals surface area contributed by atoms with E-state index in [1.54, 1.807) is 6.20 Å². The first-order valence-corrected chi connectivity index (χ1v) is 10.9. The van der Waals surface area contributed by atoms with Crippen LogP contribution < -0.4 is 5.32 Å². The first-order chi connectivity index (χ1) is 13.6. The van der Waals surface area contributed by atoms with Crippen LogP contribution in [0.1, 0.15) is 47.0 Å². The van der Waals surface area contributed by atoms with Crippen molar-refractivity contribution in [3.05, 3.63) is 11.9 Å². The molecule has 0 amide bonds. The van der Waals surface area contributed by atoms with E-state index in [1.807, 2.05) is 25.8 Å². The van der Waals surface area contributed by atoms with Crippen LogP contribution in [0.4, 0.5) is 0 Å². The zero-order valence-electron chi connectivity index (χ0n) is 18.6. The second kappa shape index (κ2) is 10.8. The first-order valence-electron chi connectivity index (χ1n) is 10.9. The molecule has 3 heterocycles. The smallest absolute Gasteiger partial charge is 0.355 e. The number of hydrogen-bond donors (Lipinski definition) is 1. The van der Waals surface area contributed by atoms with Gasteiger partial charge in [0.15, 0.2) is 0 Å². The number of carbonyl (C=O) groups is 1. The zero-order chi connectivity index (χ0) is 20.7. The molecule has 0 aromatic heterocycles. The first kappa shape index (κ1) is 22.7. The van der Waals surface area contributed by atoms with Crippen molar-refractivity contribution >= 4 is 11.8 Å². The molecule has 0 aromatic rings. The summed E-state index contributed by atoms with van der Waals surface area (Å²) < 4.78 is 4.86. The van der Waals surface area contributed by atoms with Gasteiger partial charge >= 0.3 is 5.97 Å². The van der Waals surface area contributed by atoms with E-state index in [-0.39, 0.29) is 12.0 Å². The highest BCUT2D eigenvalue weighted by molar-refractivity contribution is 5.94. The molecule has 160 valence electrons. The lowest BCUT2D eigenvalue weighted by molar-refractivity contribution is -0.138. The van der Waals surface area contributed by atoms with Crippen LogP contribution >= 0.6 is 0 Å². The van der Waals surface area contributed by atoms with E-state index < -0.39 is 0 Å². The predicted octanol–water partition coefficient (Wildman–Crippen LogP) is 1.91. The number of piperidine rings is 1. The largest absolute Gasteiger partial charge is 0.464 e. The Hall–Kier alpha value is -1.60. The van der Waals surface area contributed by atoms with Crippen molar-refractivity contribution in [3.63, 3.8) is 0 Å². The van der Waals surface area contributed by atoms with Crippen molar-refractivity contribution in [2.45, 2.75) is 65.1 Å². The van der Waals surface area contributed by atoms with Crippen molar-refractivity contribution in [3.8, 4) is 0 Å². The third-order valence-corrected chi connectivity index (χ3v) is 6.15. The van der Waals surface area contributed by atoms with Gasteiger partial charge in [-0.3, -0.25) is 4.90 Å². The Balaban J connectivity index is 0.00000136. The Morgan fingerprint density at radius 3 is 2.57 bits per heavy atom. The summed E-state index contributed by atoms with van der Waals surface area (Å²) in [7, 11) is 3.34. The fraction of sp³-hybridized carbons (Fsp3) is 0.810. The van der Waals surface area contributed by atoms with E-state index in [2.05, 4.69) is 34.0 Å². The minimum Gasteiger partial charge on any atom is -0.464 e. The van der Waals surface area contributed by atoms with Crippen molar-refractivity contribution < 1.29 is 9.53 Å². The third kappa shape index (κ3) is 4.87. The van der Waals surface area contributed by atoms with E-state index >= 15 is 0 Å². The highest BCUT2D eigenvalue weighted by Gasteiger charge is 2.36. The number of aliphatic imine (C=N–C) groups is 1. The molecule has 28 heavy (non-hydrogen) atoms. The summed E-state index contributed by atoms with van der Waals surface area (Å²) in [5, 5.41) is 3.47. The molecule has 2 atom stereocenters. The van der Waals surface area contributed by atoms with Crippen LogP contribution in [0.25, 0.3) is 0 Å². The lowest BCUT2D eigenvalue weighted by Gasteiger charge is -2.48. The van der Waals surface area contributed by atoms with E-state index in [4.69, 9.17) is 4.74 Å². The molecule has 0 aromatic carbocycles. The Morgan fingerprint density at radius 2 is 1.96 bits per heavy atom. The SMILES string of the molecule is CC.CCC1CN(C2=NC=C(C(=O)OC)N(C)C2C)CCN1C1CCNCC1. The molecule has 0 spiro atoms. The fourth-order valence-electron chi connectivity index (χ4n) is 4.42. The van der Waals surface area contributed by atoms with Crippen molar-refractivity contribution in [2.75, 3.05) is 46.9 Å². The summed E-state index contributed by atoms with van der Waals surface area (Å²) in [6.45, 7) is 13.8. The molecule has 0 bridgehead atoms. The van der Waals surface area contributed by atoms with Crippen molar-refractivity contribution in [1.82, 2.24) is 20.0 Å². The summed E-state index contributed by atoms with van der Waals surface area (Å²) >= 11 is 0. The molecule has 0 saturated carbocycles. The Labute approximate surface area is 170 Å². The number of likely N-dealkylation sites (N-methyl/N-ethyl adjacent to an activating group) is 1. The number of hydrogen-bond acceptors (Lipinski definition) is 7. The van der Waals surface area contributed by atoms with Crippen LogP contribution in [0.2, 0.25) is 0 Å². The molecule has 2 fully saturated rings. The van der Waals surface area contributed by atoms with Crippen molar-refractivity contribution in [1.29, 1.82) is 0 Å². The van der Waals surface area contributed by atoms with Gasteiger partial charge in [0.2, 0.25) is 0 Å². The fourth-order valence-corrected chi connectivity index (χ4v) is 4.42. The third-order valence-electron chi connectivity index (χ3n) is 6.15. The summed E-state index contributed by atoms with van der Waals surface area (Å²) in [6.07, 6.45) is 5.31. The van der Waals surface area contributed by atoms with Gasteiger partial charge in [0.05, 0.1) is 19.4 Å². The maximum absolute atomic E-state index is 11.9. The highest BCUT2D eigenvalue weighted by atomic mass is 16.5. The van der Waals surface area contributed by atoms with Crippen LogP contribution in [0.15, 0.2) is 16.9 Å². The topological polar surface area (TPSA) is 60.4 Å². The highest BCUT2D eigenvalue weighted by Crippen LogP contribution is 2.24. The number of carbonyl (C=O) groups excluding carboxylic acids is 1. The molecule has 0 aliphatic carbocycles. The maximum Gasteiger partial charge on any atom is 0.355 e. The molecule has 7 heteroatoms. The van der Waals surface area contributed by atoms with Gasteiger partial charge < -0.3 is 19.9 Å². The molecule has 3 aliphatic rings. The minimum atomic E-state index is -0.329. The number of amidine groups is 1. The average Bonchev–Trinajstić information content (AvgIpc) is 2.76. The molecule has 3 rings (SSSR count). The molecule has 2 unspecified atom stereocenters. The lowest BCUT2D eigenvalue weighted by atomic mass is 9.98. The minimum absolute atomic E-state index is 0.0667. The molecular weight excluding hydrogens is 354 g/mol. The van der Waals surface area contributed by atoms with Gasteiger partial charge in [-0.15, -0.1) is 0 Å². The van der Waals surface area contributed by atoms with Gasteiger partial charge in [-0.2, -0.15) is 0 Å². The van der Waals surface area contributed by atoms with Crippen LogP contribution in [0.3, 0.4) is 0 Å². The van der Waals surface area contributed by atoms with Gasteiger partial charge in [-0.1, -0.05) is 20.8 Å². The Morgan fingerprint density at radius 1 is 1.29 bits per heavy atom. The quantitative estimate of drug-likeness (QED) is 0.739. The number of nitrogens with zero attached hydrogens (tertiary/aromatic N) is 4. The van der Waals surface area contributed by atoms with Gasteiger partial charge in [0.1, 0.15) is 11.5 Å². The number of rotatable bonds is 3. The van der Waals surface area contributed by atoms with Crippen LogP contribution in [0, 0.1) is 0 Å². The maximum atomic E-state index is 11.9. The molecule has 0 radical (unpaired) electrons. The predicted molar refractivity (Wildman–Crippen MR) is 114 cm³/mol. The molecule has 3 aliphatic heterocycles. The molecule has 1 N–H and O–H groups in total. The number of methoxy groups -OCH3 is 1. The van der Waals surface area contributed by atoms with Gasteiger partial charge in [0, 0.05) is 38.8 Å². The van der Waals surface area contributed by atoms with Crippen molar-refractivity contribution in [2.24, 2.45) is 4.99 Å². The second-order valence-corrected chi connectivity index (χ2v) is 7.51. The summed E-state index contributed by atoms with van der Waals surface area (Å²) in [6, 6.07) is 1.35. The summed E-state index contributed by atoms with van der Waals surface area (Å²) in [5.41, 5.74) is 0.518. The van der Waals surface area contributed by atoms with Crippen LogP contribution in [-0.4, -0.2) is 91.5 Å². The van der Waals surface area contributed by atoms with Crippen LogP contribution in [-0.2, 0) is 9.53 Å². The average molecular weight is 394 g/mol. The molecular formula is C21H39N5O2. The van der Waals surface area contributed by atoms with Gasteiger partial charge in [-0.05, 0) is 39.3 Å². The summed E-state index contributed by atoms with van der Waals surface area (Å²) in [5.74, 6) is 0.730. The molecule has 2 saturated heterocycles. The number of piperazine rings is 1. The number of ether oxygens (including phenoxy) is 1. The zero-order valence-corrected chi connectivity index (χ0v) is 18.6. The van der Waals surface area contributed by atoms with E-state index in [0.717, 1.165) is 45.0 Å².